The highest BCUT2D eigenvalue weighted by atomic mass is 16.2. The first kappa shape index (κ1) is 18.7. The second-order valence-electron chi connectivity index (χ2n) is 7.53. The van der Waals surface area contributed by atoms with Crippen LogP contribution in [0.5, 0.6) is 0 Å². The third-order valence-electron chi connectivity index (χ3n) is 5.68. The van der Waals surface area contributed by atoms with Crippen LogP contribution in [0.3, 0.4) is 0 Å². The zero-order valence-corrected chi connectivity index (χ0v) is 15.8. The molecular formula is C20H31N5O. The highest BCUT2D eigenvalue weighted by Crippen LogP contribution is 2.24. The van der Waals surface area contributed by atoms with Crippen LogP contribution in [-0.4, -0.2) is 66.0 Å². The van der Waals surface area contributed by atoms with E-state index in [0.717, 1.165) is 64.2 Å². The summed E-state index contributed by atoms with van der Waals surface area (Å²) in [4.78, 5) is 23.3. The molecule has 2 aliphatic heterocycles. The molecule has 0 aliphatic carbocycles. The fraction of sp³-hybridized carbons (Fsp3) is 0.600. The van der Waals surface area contributed by atoms with Crippen LogP contribution < -0.4 is 10.6 Å². The van der Waals surface area contributed by atoms with Crippen LogP contribution in [0.1, 0.15) is 26.2 Å². The van der Waals surface area contributed by atoms with Gasteiger partial charge in [0.05, 0.1) is 6.04 Å². The minimum absolute atomic E-state index is 0.113. The van der Waals surface area contributed by atoms with Gasteiger partial charge in [-0.1, -0.05) is 6.58 Å². The Morgan fingerprint density at radius 1 is 1.15 bits per heavy atom. The summed E-state index contributed by atoms with van der Waals surface area (Å²) in [5, 5.41) is 0. The quantitative estimate of drug-likeness (QED) is 0.869. The molecule has 2 aliphatic rings. The summed E-state index contributed by atoms with van der Waals surface area (Å²) in [6, 6.07) is 3.66. The number of anilines is 1. The SMILES string of the molecule is C=C(C)N1CCC(CC(N)C(=O)N2CCN(c3ccncc3)CC2)CC1. The van der Waals surface area contributed by atoms with Gasteiger partial charge in [-0.15, -0.1) is 0 Å². The van der Waals surface area contributed by atoms with Crippen molar-refractivity contribution in [1.29, 1.82) is 0 Å². The van der Waals surface area contributed by atoms with Crippen LogP contribution in [0.4, 0.5) is 5.69 Å². The third kappa shape index (κ3) is 4.55. The highest BCUT2D eigenvalue weighted by Gasteiger charge is 2.28. The number of amides is 1. The van der Waals surface area contributed by atoms with Crippen molar-refractivity contribution < 1.29 is 4.79 Å². The van der Waals surface area contributed by atoms with Crippen molar-refractivity contribution in [2.75, 3.05) is 44.2 Å². The Hall–Kier alpha value is -2.08. The van der Waals surface area contributed by atoms with E-state index in [4.69, 9.17) is 5.73 Å². The molecule has 1 unspecified atom stereocenters. The molecule has 1 aromatic heterocycles. The second-order valence-corrected chi connectivity index (χ2v) is 7.53. The van der Waals surface area contributed by atoms with Crippen LogP contribution in [0, 0.1) is 5.92 Å². The van der Waals surface area contributed by atoms with E-state index >= 15 is 0 Å². The zero-order valence-electron chi connectivity index (χ0n) is 15.8. The Bertz CT molecular complexity index is 604. The normalized spacial score (nSPS) is 20.2. The monoisotopic (exact) mass is 357 g/mol. The van der Waals surface area contributed by atoms with E-state index in [1.54, 1.807) is 0 Å². The number of carbonyl (C=O) groups is 1. The summed E-state index contributed by atoms with van der Waals surface area (Å²) in [6.45, 7) is 11.3. The van der Waals surface area contributed by atoms with Crippen molar-refractivity contribution in [2.45, 2.75) is 32.2 Å². The maximum absolute atomic E-state index is 12.7. The fourth-order valence-corrected chi connectivity index (χ4v) is 3.98. The number of nitrogens with two attached hydrogens (primary N) is 1. The number of aromatic nitrogens is 1. The number of carbonyl (C=O) groups excluding carboxylic acids is 1. The summed E-state index contributed by atoms with van der Waals surface area (Å²) in [6.07, 6.45) is 6.62. The Balaban J connectivity index is 1.44. The minimum Gasteiger partial charge on any atom is -0.376 e. The predicted molar refractivity (Wildman–Crippen MR) is 105 cm³/mol. The number of piperidine rings is 1. The molecule has 1 atom stereocenters. The molecule has 2 fully saturated rings. The molecule has 6 nitrogen and oxygen atoms in total. The largest absolute Gasteiger partial charge is 0.376 e. The second kappa shape index (κ2) is 8.54. The molecule has 0 spiro atoms. The molecule has 0 saturated carbocycles. The van der Waals surface area contributed by atoms with Gasteiger partial charge in [0.1, 0.15) is 0 Å². The highest BCUT2D eigenvalue weighted by molar-refractivity contribution is 5.82. The lowest BCUT2D eigenvalue weighted by Crippen LogP contribution is -2.53. The summed E-state index contributed by atoms with van der Waals surface area (Å²) >= 11 is 0. The van der Waals surface area contributed by atoms with E-state index < -0.39 is 0 Å². The number of allylic oxidation sites excluding steroid dienone is 1. The van der Waals surface area contributed by atoms with E-state index in [9.17, 15) is 4.79 Å². The molecule has 0 radical (unpaired) electrons. The van der Waals surface area contributed by atoms with Gasteiger partial charge in [-0.2, -0.15) is 0 Å². The maximum atomic E-state index is 12.7. The first-order chi connectivity index (χ1) is 12.5. The average Bonchev–Trinajstić information content (AvgIpc) is 2.68. The molecule has 3 heterocycles. The third-order valence-corrected chi connectivity index (χ3v) is 5.68. The molecule has 1 amide bonds. The average molecular weight is 358 g/mol. The number of likely N-dealkylation sites (tertiary alicyclic amines) is 1. The van der Waals surface area contributed by atoms with Crippen molar-refractivity contribution in [1.82, 2.24) is 14.8 Å². The van der Waals surface area contributed by atoms with Crippen molar-refractivity contribution in [3.05, 3.63) is 36.8 Å². The lowest BCUT2D eigenvalue weighted by atomic mass is 9.90. The molecule has 6 heteroatoms. The number of hydrogen-bond acceptors (Lipinski definition) is 5. The molecule has 2 N–H and O–H groups in total. The molecule has 26 heavy (non-hydrogen) atoms. The van der Waals surface area contributed by atoms with Crippen molar-refractivity contribution >= 4 is 11.6 Å². The van der Waals surface area contributed by atoms with Crippen molar-refractivity contribution in [2.24, 2.45) is 11.7 Å². The van der Waals surface area contributed by atoms with Gasteiger partial charge in [0, 0.05) is 63.0 Å². The number of hydrogen-bond donors (Lipinski definition) is 1. The zero-order chi connectivity index (χ0) is 18.5. The van der Waals surface area contributed by atoms with E-state index in [1.165, 1.54) is 5.69 Å². The van der Waals surface area contributed by atoms with Gasteiger partial charge in [0.25, 0.3) is 0 Å². The van der Waals surface area contributed by atoms with Crippen molar-refractivity contribution in [3.63, 3.8) is 0 Å². The van der Waals surface area contributed by atoms with Gasteiger partial charge in [-0.25, -0.2) is 0 Å². The van der Waals surface area contributed by atoms with Crippen LogP contribution in [0.25, 0.3) is 0 Å². The number of rotatable bonds is 5. The van der Waals surface area contributed by atoms with Crippen LogP contribution in [0.15, 0.2) is 36.8 Å². The van der Waals surface area contributed by atoms with E-state index in [2.05, 4.69) is 28.3 Å². The standard InChI is InChI=1S/C20H31N5O/c1-16(2)23-9-5-17(6-10-23)15-19(21)20(26)25-13-11-24(12-14-25)18-3-7-22-8-4-18/h3-4,7-8,17,19H,1,5-6,9-15,21H2,2H3. The Labute approximate surface area is 156 Å². The number of pyridine rings is 1. The van der Waals surface area contributed by atoms with Crippen LogP contribution in [-0.2, 0) is 4.79 Å². The smallest absolute Gasteiger partial charge is 0.239 e. The van der Waals surface area contributed by atoms with Gasteiger partial charge >= 0.3 is 0 Å². The molecular weight excluding hydrogens is 326 g/mol. The minimum atomic E-state index is -0.371. The van der Waals surface area contributed by atoms with Crippen LogP contribution in [0.2, 0.25) is 0 Å². The number of nitrogens with zero attached hydrogens (tertiary/aromatic N) is 4. The van der Waals surface area contributed by atoms with Gasteiger partial charge < -0.3 is 20.4 Å². The molecule has 1 aromatic rings. The topological polar surface area (TPSA) is 65.7 Å². The fourth-order valence-electron chi connectivity index (χ4n) is 3.98. The first-order valence-corrected chi connectivity index (χ1v) is 9.64. The molecule has 2 saturated heterocycles. The Kier molecular flexibility index (Phi) is 6.14. The van der Waals surface area contributed by atoms with Crippen molar-refractivity contribution in [3.8, 4) is 0 Å². The summed E-state index contributed by atoms with van der Waals surface area (Å²) in [5.74, 6) is 0.657. The molecule has 0 aromatic carbocycles. The lowest BCUT2D eigenvalue weighted by Gasteiger charge is -2.38. The van der Waals surface area contributed by atoms with Gasteiger partial charge in [-0.3, -0.25) is 9.78 Å². The van der Waals surface area contributed by atoms with Gasteiger partial charge in [0.2, 0.25) is 5.91 Å². The van der Waals surface area contributed by atoms with E-state index in [-0.39, 0.29) is 11.9 Å². The summed E-state index contributed by atoms with van der Waals surface area (Å²) in [5.41, 5.74) is 8.58. The first-order valence-electron chi connectivity index (χ1n) is 9.64. The summed E-state index contributed by atoms with van der Waals surface area (Å²) < 4.78 is 0. The maximum Gasteiger partial charge on any atom is 0.239 e. The van der Waals surface area contributed by atoms with E-state index in [0.29, 0.717) is 5.92 Å². The van der Waals surface area contributed by atoms with E-state index in [1.807, 2.05) is 29.4 Å². The predicted octanol–water partition coefficient (Wildman–Crippen LogP) is 1.69. The Morgan fingerprint density at radius 2 is 1.77 bits per heavy atom. The Morgan fingerprint density at radius 3 is 2.35 bits per heavy atom. The molecule has 142 valence electrons. The molecule has 0 bridgehead atoms. The molecule has 3 rings (SSSR count). The van der Waals surface area contributed by atoms with Gasteiger partial charge in [-0.05, 0) is 44.2 Å². The lowest BCUT2D eigenvalue weighted by molar-refractivity contribution is -0.133. The number of piperazine rings is 1. The van der Waals surface area contributed by atoms with Gasteiger partial charge in [0.15, 0.2) is 0 Å². The summed E-state index contributed by atoms with van der Waals surface area (Å²) in [7, 11) is 0. The van der Waals surface area contributed by atoms with Crippen LogP contribution >= 0.6 is 0 Å².